The molecule has 1 atom stereocenters. The highest BCUT2D eigenvalue weighted by Crippen LogP contribution is 2.29. The summed E-state index contributed by atoms with van der Waals surface area (Å²) in [5.74, 6) is 0.890. The first-order valence-corrected chi connectivity index (χ1v) is 13.5. The van der Waals surface area contributed by atoms with Crippen LogP contribution >= 0.6 is 23.1 Å². The average molecular weight is 478 g/mol. The van der Waals surface area contributed by atoms with Crippen LogP contribution in [0, 0.1) is 13.8 Å². The molecular weight excluding hydrogens is 454 g/mol. The Kier molecular flexibility index (Phi) is 6.44. The zero-order chi connectivity index (χ0) is 22.0. The Morgan fingerprint density at radius 3 is 2.74 bits per heavy atom. The number of anilines is 1. The zero-order valence-electron chi connectivity index (χ0n) is 17.2. The summed E-state index contributed by atoms with van der Waals surface area (Å²) < 4.78 is 26.2. The fraction of sp³-hybridized carbons (Fsp3) is 0.400. The molecule has 8 nitrogen and oxygen atoms in total. The number of hydrogen-bond acceptors (Lipinski definition) is 8. The predicted octanol–water partition coefficient (Wildman–Crippen LogP) is 3.18. The molecule has 2 aromatic heterocycles. The summed E-state index contributed by atoms with van der Waals surface area (Å²) in [6, 6.07) is 9.94. The highest BCUT2D eigenvalue weighted by Gasteiger charge is 2.31. The fourth-order valence-electron chi connectivity index (χ4n) is 3.64. The molecule has 1 unspecified atom stereocenters. The molecule has 0 saturated carbocycles. The van der Waals surface area contributed by atoms with Crippen molar-refractivity contribution in [3.63, 3.8) is 0 Å². The number of thioether (sulfide) groups is 1. The van der Waals surface area contributed by atoms with Crippen molar-refractivity contribution in [2.75, 3.05) is 16.8 Å². The van der Waals surface area contributed by atoms with Gasteiger partial charge in [-0.25, -0.2) is 8.42 Å². The number of rotatable bonds is 7. The van der Waals surface area contributed by atoms with Crippen LogP contribution in [0.4, 0.5) is 5.13 Å². The van der Waals surface area contributed by atoms with Crippen LogP contribution < -0.4 is 5.32 Å². The second-order valence-electron chi connectivity index (χ2n) is 7.52. The van der Waals surface area contributed by atoms with Gasteiger partial charge >= 0.3 is 0 Å². The third-order valence-electron chi connectivity index (χ3n) is 5.22. The maximum atomic E-state index is 12.6. The van der Waals surface area contributed by atoms with E-state index in [0.717, 1.165) is 27.0 Å². The summed E-state index contributed by atoms with van der Waals surface area (Å²) in [6.45, 7) is 3.73. The summed E-state index contributed by atoms with van der Waals surface area (Å²) in [5, 5.41) is 16.0. The smallest absolute Gasteiger partial charge is 0.230 e. The van der Waals surface area contributed by atoms with Gasteiger partial charge in [-0.15, -0.1) is 10.2 Å². The first kappa shape index (κ1) is 22.0. The van der Waals surface area contributed by atoms with Gasteiger partial charge in [-0.05, 0) is 25.8 Å². The molecule has 31 heavy (non-hydrogen) atoms. The van der Waals surface area contributed by atoms with Gasteiger partial charge in [-0.3, -0.25) is 9.48 Å². The highest BCUT2D eigenvalue weighted by atomic mass is 32.2. The van der Waals surface area contributed by atoms with Gasteiger partial charge in [0.15, 0.2) is 14.2 Å². The first-order chi connectivity index (χ1) is 14.8. The van der Waals surface area contributed by atoms with Gasteiger partial charge in [-0.2, -0.15) is 5.10 Å². The molecule has 1 amide bonds. The van der Waals surface area contributed by atoms with Crippen LogP contribution in [0.5, 0.6) is 0 Å². The monoisotopic (exact) mass is 477 g/mol. The molecule has 0 radical (unpaired) electrons. The van der Waals surface area contributed by atoms with Crippen LogP contribution in [0.15, 0.2) is 34.7 Å². The molecule has 0 aliphatic carbocycles. The van der Waals surface area contributed by atoms with Gasteiger partial charge < -0.3 is 5.32 Å². The molecule has 1 aromatic carbocycles. The molecule has 164 valence electrons. The second-order valence-corrected chi connectivity index (χ2v) is 12.0. The minimum atomic E-state index is -3.00. The molecule has 11 heteroatoms. The molecule has 3 heterocycles. The zero-order valence-corrected chi connectivity index (χ0v) is 19.7. The van der Waals surface area contributed by atoms with Crippen LogP contribution in [0.2, 0.25) is 0 Å². The number of nitrogens with one attached hydrogen (secondary N) is 1. The van der Waals surface area contributed by atoms with Gasteiger partial charge in [0, 0.05) is 17.0 Å². The summed E-state index contributed by atoms with van der Waals surface area (Å²) in [5.41, 5.74) is 3.61. The maximum Gasteiger partial charge on any atom is 0.230 e. The molecule has 1 aliphatic rings. The topological polar surface area (TPSA) is 107 Å². The largest absolute Gasteiger partial charge is 0.300 e. The highest BCUT2D eigenvalue weighted by molar-refractivity contribution is 8.00. The average Bonchev–Trinajstić information content (AvgIpc) is 3.41. The lowest BCUT2D eigenvalue weighted by molar-refractivity contribution is -0.115. The normalized spacial score (nSPS) is 17.7. The number of benzene rings is 1. The van der Waals surface area contributed by atoms with Crippen LogP contribution in [0.3, 0.4) is 0 Å². The van der Waals surface area contributed by atoms with E-state index in [2.05, 4.69) is 32.7 Å². The Morgan fingerprint density at radius 1 is 1.26 bits per heavy atom. The number of sulfone groups is 1. The number of nitrogens with zero attached hydrogens (tertiary/aromatic N) is 4. The Hall–Kier alpha value is -2.24. The molecule has 0 spiro atoms. The molecule has 1 aliphatic heterocycles. The minimum absolute atomic E-state index is 0.106. The maximum absolute atomic E-state index is 12.6. The molecule has 3 aromatic rings. The van der Waals surface area contributed by atoms with Crippen molar-refractivity contribution in [1.29, 1.82) is 0 Å². The van der Waals surface area contributed by atoms with Crippen LogP contribution in [0.1, 0.15) is 35.0 Å². The van der Waals surface area contributed by atoms with E-state index < -0.39 is 9.84 Å². The second kappa shape index (κ2) is 9.09. The molecular formula is C20H23N5O3S3. The minimum Gasteiger partial charge on any atom is -0.300 e. The molecule has 1 N–H and O–H groups in total. The van der Waals surface area contributed by atoms with Gasteiger partial charge in [0.2, 0.25) is 11.0 Å². The molecule has 4 rings (SSSR count). The van der Waals surface area contributed by atoms with Gasteiger partial charge in [0.25, 0.3) is 0 Å². The van der Waals surface area contributed by atoms with E-state index in [1.54, 1.807) is 16.4 Å². The number of aryl methyl sites for hydroxylation is 1. The van der Waals surface area contributed by atoms with Crippen LogP contribution in [-0.2, 0) is 26.8 Å². The van der Waals surface area contributed by atoms with E-state index in [4.69, 9.17) is 0 Å². The van der Waals surface area contributed by atoms with E-state index in [9.17, 15) is 13.2 Å². The van der Waals surface area contributed by atoms with Crippen LogP contribution in [0.25, 0.3) is 0 Å². The molecule has 1 saturated heterocycles. The molecule has 1 fully saturated rings. The summed E-state index contributed by atoms with van der Waals surface area (Å²) in [7, 11) is -3.00. The Balaban J connectivity index is 1.37. The number of hydrogen-bond donors (Lipinski definition) is 1. The third-order valence-corrected chi connectivity index (χ3v) is 9.02. The van der Waals surface area contributed by atoms with Crippen LogP contribution in [-0.4, -0.2) is 45.8 Å². The van der Waals surface area contributed by atoms with E-state index in [0.29, 0.717) is 11.6 Å². The van der Waals surface area contributed by atoms with Crippen molar-refractivity contribution in [2.45, 2.75) is 42.8 Å². The Morgan fingerprint density at radius 2 is 2.03 bits per heavy atom. The van der Waals surface area contributed by atoms with Crippen molar-refractivity contribution in [3.05, 3.63) is 52.8 Å². The lowest BCUT2D eigenvalue weighted by Crippen LogP contribution is -2.16. The third kappa shape index (κ3) is 5.34. The first-order valence-electron chi connectivity index (χ1n) is 9.86. The number of aromatic nitrogens is 4. The number of amides is 1. The quantitative estimate of drug-likeness (QED) is 0.411. The van der Waals surface area contributed by atoms with Crippen molar-refractivity contribution >= 4 is 44.0 Å². The van der Waals surface area contributed by atoms with Gasteiger partial charge in [-0.1, -0.05) is 53.4 Å². The standard InChI is InChI=1S/C20H23N5O3S3/c1-13-17(14(2)25(24-13)16-8-9-31(27,28)12-16)10-18(26)21-19-22-23-20(30-19)29-11-15-6-4-3-5-7-15/h3-7,16H,8-12H2,1-2H3,(H,21,22,26). The Labute approximate surface area is 189 Å². The lowest BCUT2D eigenvalue weighted by atomic mass is 10.1. The number of carbonyl (C=O) groups is 1. The Bertz CT molecular complexity index is 1190. The summed E-state index contributed by atoms with van der Waals surface area (Å²) >= 11 is 2.92. The SMILES string of the molecule is Cc1nn(C2CCS(=O)(=O)C2)c(C)c1CC(=O)Nc1nnc(SCc2ccccc2)s1. The summed E-state index contributed by atoms with van der Waals surface area (Å²) in [6.07, 6.45) is 0.716. The van der Waals surface area contributed by atoms with Gasteiger partial charge in [0.05, 0.1) is 29.7 Å². The lowest BCUT2D eigenvalue weighted by Gasteiger charge is -2.11. The van der Waals surface area contributed by atoms with E-state index in [-0.39, 0.29) is 29.9 Å². The van der Waals surface area contributed by atoms with Crippen molar-refractivity contribution < 1.29 is 13.2 Å². The van der Waals surface area contributed by atoms with E-state index in [1.807, 2.05) is 32.0 Å². The van der Waals surface area contributed by atoms with E-state index in [1.165, 1.54) is 16.9 Å². The van der Waals surface area contributed by atoms with Gasteiger partial charge in [0.1, 0.15) is 0 Å². The van der Waals surface area contributed by atoms with Crippen molar-refractivity contribution in [1.82, 2.24) is 20.0 Å². The van der Waals surface area contributed by atoms with E-state index >= 15 is 0 Å². The van der Waals surface area contributed by atoms with Crippen molar-refractivity contribution in [2.24, 2.45) is 0 Å². The number of carbonyl (C=O) groups excluding carboxylic acids is 1. The molecule has 0 bridgehead atoms. The predicted molar refractivity (Wildman–Crippen MR) is 122 cm³/mol. The summed E-state index contributed by atoms with van der Waals surface area (Å²) in [4.78, 5) is 12.6. The fourth-order valence-corrected chi connectivity index (χ4v) is 7.05. The van der Waals surface area contributed by atoms with Crippen molar-refractivity contribution in [3.8, 4) is 0 Å².